The Morgan fingerprint density at radius 3 is 2.23 bits per heavy atom. The molecule has 0 atom stereocenters. The summed E-state index contributed by atoms with van der Waals surface area (Å²) in [5.41, 5.74) is 3.19. The van der Waals surface area contributed by atoms with E-state index in [0.717, 1.165) is 11.1 Å². The van der Waals surface area contributed by atoms with Crippen LogP contribution in [0.3, 0.4) is 0 Å². The van der Waals surface area contributed by atoms with E-state index in [1.165, 1.54) is 12.1 Å². The third-order valence-electron chi connectivity index (χ3n) is 5.05. The SMILES string of the molecule is Cc1cccc(C)c1NS(=O)(=O)c1ccc(NC(=S)NC(=O)c2cccc(OCC(C)C)c2)cc1. The lowest BCUT2D eigenvalue weighted by molar-refractivity contribution is 0.0977. The summed E-state index contributed by atoms with van der Waals surface area (Å²) in [6, 6.07) is 18.5. The Morgan fingerprint density at radius 1 is 0.971 bits per heavy atom. The predicted octanol–water partition coefficient (Wildman–Crippen LogP) is 5.27. The molecule has 0 unspecified atom stereocenters. The van der Waals surface area contributed by atoms with Crippen molar-refractivity contribution in [3.63, 3.8) is 0 Å². The van der Waals surface area contributed by atoms with Gasteiger partial charge >= 0.3 is 0 Å². The minimum absolute atomic E-state index is 0.0905. The highest BCUT2D eigenvalue weighted by Crippen LogP contribution is 2.24. The van der Waals surface area contributed by atoms with E-state index >= 15 is 0 Å². The van der Waals surface area contributed by atoms with Gasteiger partial charge in [0.2, 0.25) is 0 Å². The standard InChI is InChI=1S/C26H29N3O4S2/c1-17(2)16-33-22-10-6-9-20(15-22)25(30)28-26(34)27-21-11-13-23(14-12-21)35(31,32)29-24-18(3)7-5-8-19(24)4/h5-15,17,29H,16H2,1-4H3,(H2,27,28,30,34). The highest BCUT2D eigenvalue weighted by Gasteiger charge is 2.17. The molecule has 0 spiro atoms. The number of hydrogen-bond acceptors (Lipinski definition) is 5. The number of ether oxygens (including phenoxy) is 1. The predicted molar refractivity (Wildman–Crippen MR) is 144 cm³/mol. The van der Waals surface area contributed by atoms with E-state index in [0.29, 0.717) is 35.2 Å². The topological polar surface area (TPSA) is 96.5 Å². The Hall–Kier alpha value is -3.43. The summed E-state index contributed by atoms with van der Waals surface area (Å²) in [6.07, 6.45) is 0. The van der Waals surface area contributed by atoms with Crippen LogP contribution in [-0.2, 0) is 10.0 Å². The Balaban J connectivity index is 1.62. The van der Waals surface area contributed by atoms with Gasteiger partial charge in [0.05, 0.1) is 17.2 Å². The van der Waals surface area contributed by atoms with Crippen molar-refractivity contribution in [3.8, 4) is 5.75 Å². The second-order valence-electron chi connectivity index (χ2n) is 8.54. The maximum atomic E-state index is 12.8. The lowest BCUT2D eigenvalue weighted by Crippen LogP contribution is -2.34. The molecule has 9 heteroatoms. The molecule has 3 aromatic carbocycles. The fraction of sp³-hybridized carbons (Fsp3) is 0.231. The zero-order valence-electron chi connectivity index (χ0n) is 20.1. The Morgan fingerprint density at radius 2 is 1.60 bits per heavy atom. The molecule has 0 fully saturated rings. The van der Waals surface area contributed by atoms with Gasteiger partial charge in [0.1, 0.15) is 5.75 Å². The van der Waals surface area contributed by atoms with Crippen molar-refractivity contribution in [1.82, 2.24) is 5.32 Å². The number of carbonyl (C=O) groups is 1. The second kappa shape index (κ2) is 11.3. The second-order valence-corrected chi connectivity index (χ2v) is 10.6. The van der Waals surface area contributed by atoms with E-state index in [-0.39, 0.29) is 15.9 Å². The van der Waals surface area contributed by atoms with Crippen molar-refractivity contribution in [2.24, 2.45) is 5.92 Å². The molecule has 1 amide bonds. The van der Waals surface area contributed by atoms with Crippen LogP contribution in [0.25, 0.3) is 0 Å². The van der Waals surface area contributed by atoms with Crippen molar-refractivity contribution >= 4 is 44.6 Å². The number of para-hydroxylation sites is 1. The lowest BCUT2D eigenvalue weighted by atomic mass is 10.1. The molecule has 0 aliphatic carbocycles. The number of anilines is 2. The number of amides is 1. The molecule has 3 rings (SSSR count). The summed E-state index contributed by atoms with van der Waals surface area (Å²) < 4.78 is 34.0. The van der Waals surface area contributed by atoms with Gasteiger partial charge in [-0.05, 0) is 85.6 Å². The first-order valence-electron chi connectivity index (χ1n) is 11.1. The molecule has 0 radical (unpaired) electrons. The van der Waals surface area contributed by atoms with Crippen LogP contribution in [0.2, 0.25) is 0 Å². The highest BCUT2D eigenvalue weighted by molar-refractivity contribution is 7.92. The average molecular weight is 512 g/mol. The summed E-state index contributed by atoms with van der Waals surface area (Å²) in [5.74, 6) is 0.596. The van der Waals surface area contributed by atoms with Crippen molar-refractivity contribution < 1.29 is 17.9 Å². The number of sulfonamides is 1. The Kier molecular flexibility index (Phi) is 8.48. The van der Waals surface area contributed by atoms with Gasteiger partial charge in [0.15, 0.2) is 5.11 Å². The summed E-state index contributed by atoms with van der Waals surface area (Å²) in [5, 5.41) is 5.61. The van der Waals surface area contributed by atoms with Crippen LogP contribution in [0, 0.1) is 19.8 Å². The largest absolute Gasteiger partial charge is 0.493 e. The fourth-order valence-electron chi connectivity index (χ4n) is 3.21. The van der Waals surface area contributed by atoms with E-state index in [4.69, 9.17) is 17.0 Å². The fourth-order valence-corrected chi connectivity index (χ4v) is 4.63. The molecule has 0 saturated heterocycles. The van der Waals surface area contributed by atoms with Gasteiger partial charge in [-0.15, -0.1) is 0 Å². The van der Waals surface area contributed by atoms with Crippen LogP contribution in [0.5, 0.6) is 5.75 Å². The lowest BCUT2D eigenvalue weighted by Gasteiger charge is -2.14. The van der Waals surface area contributed by atoms with E-state index in [9.17, 15) is 13.2 Å². The molecular weight excluding hydrogens is 482 g/mol. The van der Waals surface area contributed by atoms with Gasteiger partial charge < -0.3 is 10.1 Å². The number of aryl methyl sites for hydroxylation is 2. The summed E-state index contributed by atoms with van der Waals surface area (Å²) in [6.45, 7) is 8.34. The first-order chi connectivity index (χ1) is 16.5. The Labute approximate surface area is 212 Å². The van der Waals surface area contributed by atoms with Crippen molar-refractivity contribution in [3.05, 3.63) is 83.4 Å². The zero-order valence-corrected chi connectivity index (χ0v) is 21.7. The number of thiocarbonyl (C=S) groups is 1. The molecule has 0 saturated carbocycles. The van der Waals surface area contributed by atoms with Gasteiger partial charge in [-0.2, -0.15) is 0 Å². The molecule has 3 aromatic rings. The number of benzene rings is 3. The van der Waals surface area contributed by atoms with Gasteiger partial charge in [-0.1, -0.05) is 38.1 Å². The van der Waals surface area contributed by atoms with Crippen LogP contribution in [0.1, 0.15) is 35.3 Å². The molecule has 35 heavy (non-hydrogen) atoms. The van der Waals surface area contributed by atoms with Crippen LogP contribution in [0.4, 0.5) is 11.4 Å². The number of nitrogens with one attached hydrogen (secondary N) is 3. The molecule has 0 aliphatic rings. The normalized spacial score (nSPS) is 11.1. The van der Waals surface area contributed by atoms with Crippen LogP contribution in [-0.4, -0.2) is 26.0 Å². The molecular formula is C26H29N3O4S2. The first kappa shape index (κ1) is 26.2. The van der Waals surface area contributed by atoms with E-state index in [1.807, 2.05) is 45.9 Å². The molecule has 0 bridgehead atoms. The summed E-state index contributed by atoms with van der Waals surface area (Å²) >= 11 is 5.25. The molecule has 3 N–H and O–H groups in total. The smallest absolute Gasteiger partial charge is 0.261 e. The van der Waals surface area contributed by atoms with Crippen LogP contribution < -0.4 is 20.1 Å². The van der Waals surface area contributed by atoms with Gasteiger partial charge in [-0.3, -0.25) is 14.8 Å². The number of hydrogen-bond donors (Lipinski definition) is 3. The number of carbonyl (C=O) groups excluding carboxylic acids is 1. The first-order valence-corrected chi connectivity index (χ1v) is 13.0. The minimum Gasteiger partial charge on any atom is -0.493 e. The summed E-state index contributed by atoms with van der Waals surface area (Å²) in [4.78, 5) is 12.7. The maximum Gasteiger partial charge on any atom is 0.261 e. The minimum atomic E-state index is -3.77. The van der Waals surface area contributed by atoms with E-state index < -0.39 is 10.0 Å². The van der Waals surface area contributed by atoms with Gasteiger partial charge in [0.25, 0.3) is 15.9 Å². The average Bonchev–Trinajstić information content (AvgIpc) is 2.80. The van der Waals surface area contributed by atoms with Crippen LogP contribution in [0.15, 0.2) is 71.6 Å². The quantitative estimate of drug-likeness (QED) is 0.357. The third-order valence-corrected chi connectivity index (χ3v) is 6.62. The highest BCUT2D eigenvalue weighted by atomic mass is 32.2. The van der Waals surface area contributed by atoms with Crippen molar-refractivity contribution in [2.45, 2.75) is 32.6 Å². The monoisotopic (exact) mass is 511 g/mol. The molecule has 0 heterocycles. The van der Waals surface area contributed by atoms with Gasteiger partial charge in [-0.25, -0.2) is 8.42 Å². The molecule has 184 valence electrons. The zero-order chi connectivity index (χ0) is 25.6. The van der Waals surface area contributed by atoms with Gasteiger partial charge in [0, 0.05) is 11.3 Å². The van der Waals surface area contributed by atoms with E-state index in [1.54, 1.807) is 36.4 Å². The maximum absolute atomic E-state index is 12.8. The molecule has 0 aromatic heterocycles. The van der Waals surface area contributed by atoms with Crippen molar-refractivity contribution in [1.29, 1.82) is 0 Å². The van der Waals surface area contributed by atoms with Crippen molar-refractivity contribution in [2.75, 3.05) is 16.6 Å². The molecule has 7 nitrogen and oxygen atoms in total. The third kappa shape index (κ3) is 7.27. The number of rotatable bonds is 8. The Bertz CT molecular complexity index is 1300. The summed E-state index contributed by atoms with van der Waals surface area (Å²) in [7, 11) is -3.77. The van der Waals surface area contributed by atoms with Crippen LogP contribution >= 0.6 is 12.2 Å². The van der Waals surface area contributed by atoms with E-state index in [2.05, 4.69) is 15.4 Å². The molecule has 0 aliphatic heterocycles.